The maximum absolute atomic E-state index is 10.1. The Morgan fingerprint density at radius 3 is 2.21 bits per heavy atom. The van der Waals surface area contributed by atoms with E-state index in [4.69, 9.17) is 11.6 Å². The van der Waals surface area contributed by atoms with Crippen LogP contribution in [-0.2, 0) is 10.8 Å². The number of allylic oxidation sites excluding steroid dienone is 5. The van der Waals surface area contributed by atoms with E-state index in [1.807, 2.05) is 0 Å². The van der Waals surface area contributed by atoms with Crippen molar-refractivity contribution in [2.24, 2.45) is 0 Å². The first-order valence-electron chi connectivity index (χ1n) is 17.1. The lowest BCUT2D eigenvalue weighted by molar-refractivity contribution is -0.440. The van der Waals surface area contributed by atoms with Crippen LogP contribution in [0.5, 0.6) is 0 Å². The molecular weight excluding hydrogens is 600 g/mol. The van der Waals surface area contributed by atoms with Gasteiger partial charge in [0.15, 0.2) is 12.3 Å². The second-order valence-electron chi connectivity index (χ2n) is 14.4. The number of anilines is 1. The van der Waals surface area contributed by atoms with Gasteiger partial charge < -0.3 is 15.1 Å². The summed E-state index contributed by atoms with van der Waals surface area (Å²) in [6.45, 7) is 10.6. The number of nitrogens with zero attached hydrogens (tertiary/aromatic N) is 2. The molecule has 4 aromatic carbocycles. The van der Waals surface area contributed by atoms with Crippen molar-refractivity contribution in [3.63, 3.8) is 0 Å². The van der Waals surface area contributed by atoms with Gasteiger partial charge in [-0.25, -0.2) is 0 Å². The lowest BCUT2D eigenvalue weighted by Crippen LogP contribution is -2.42. The van der Waals surface area contributed by atoms with Crippen LogP contribution in [0.25, 0.3) is 21.5 Å². The van der Waals surface area contributed by atoms with E-state index in [0.29, 0.717) is 13.1 Å². The Hall–Kier alpha value is -3.70. The molecule has 2 aliphatic heterocycles. The van der Waals surface area contributed by atoms with Crippen LogP contribution >= 0.6 is 11.6 Å². The minimum Gasteiger partial charge on any atom is -0.395 e. The number of aliphatic hydroxyl groups excluding tert-OH is 2. The first kappa shape index (κ1) is 31.9. The van der Waals surface area contributed by atoms with Gasteiger partial charge >= 0.3 is 0 Å². The smallest absolute Gasteiger partial charge is 0.210 e. The molecule has 242 valence electrons. The topological polar surface area (TPSA) is 46.7 Å². The minimum absolute atomic E-state index is 0.0838. The molecule has 4 aromatic rings. The molecule has 5 heteroatoms. The highest BCUT2D eigenvalue weighted by molar-refractivity contribution is 6.32. The second-order valence-corrected chi connectivity index (χ2v) is 14.8. The number of hydrogen-bond acceptors (Lipinski definition) is 3. The van der Waals surface area contributed by atoms with Crippen molar-refractivity contribution < 1.29 is 14.8 Å². The monoisotopic (exact) mass is 645 g/mol. The molecule has 0 fully saturated rings. The average molecular weight is 646 g/mol. The third-order valence-electron chi connectivity index (χ3n) is 11.0. The van der Waals surface area contributed by atoms with Crippen molar-refractivity contribution >= 4 is 50.2 Å². The van der Waals surface area contributed by atoms with E-state index in [1.54, 1.807) is 0 Å². The zero-order chi connectivity index (χ0) is 32.9. The van der Waals surface area contributed by atoms with E-state index in [1.165, 1.54) is 60.9 Å². The van der Waals surface area contributed by atoms with Crippen molar-refractivity contribution in [1.29, 1.82) is 0 Å². The fourth-order valence-electron chi connectivity index (χ4n) is 8.76. The Bertz CT molecular complexity index is 2000. The van der Waals surface area contributed by atoms with Crippen LogP contribution in [0.15, 0.2) is 107 Å². The summed E-state index contributed by atoms with van der Waals surface area (Å²) < 4.78 is 2.28. The Kier molecular flexibility index (Phi) is 8.41. The van der Waals surface area contributed by atoms with Gasteiger partial charge in [-0.3, -0.25) is 0 Å². The van der Waals surface area contributed by atoms with E-state index >= 15 is 0 Å². The molecule has 4 nitrogen and oxygen atoms in total. The normalized spacial score (nSPS) is 21.1. The van der Waals surface area contributed by atoms with Crippen molar-refractivity contribution in [1.82, 2.24) is 0 Å². The molecular formula is C42H46ClN2O2+. The molecule has 2 N–H and O–H groups in total. The maximum atomic E-state index is 10.1. The first-order valence-corrected chi connectivity index (χ1v) is 17.5. The first-order chi connectivity index (χ1) is 22.7. The number of aliphatic hydroxyl groups is 2. The highest BCUT2D eigenvalue weighted by atomic mass is 35.5. The van der Waals surface area contributed by atoms with E-state index in [9.17, 15) is 10.2 Å². The Morgan fingerprint density at radius 2 is 1.51 bits per heavy atom. The second kappa shape index (κ2) is 12.4. The van der Waals surface area contributed by atoms with Crippen LogP contribution in [0, 0.1) is 0 Å². The molecule has 2 heterocycles. The van der Waals surface area contributed by atoms with Crippen LogP contribution < -0.4 is 4.90 Å². The van der Waals surface area contributed by atoms with Gasteiger partial charge in [-0.15, -0.1) is 0 Å². The predicted molar refractivity (Wildman–Crippen MR) is 198 cm³/mol. The van der Waals surface area contributed by atoms with Gasteiger partial charge in [0.2, 0.25) is 5.69 Å². The average Bonchev–Trinajstić information content (AvgIpc) is 3.42. The van der Waals surface area contributed by atoms with Crippen LogP contribution in [-0.4, -0.2) is 52.8 Å². The summed E-state index contributed by atoms with van der Waals surface area (Å²) >= 11 is 7.23. The Morgan fingerprint density at radius 1 is 0.830 bits per heavy atom. The number of β-amino-alcohol motifs (C(OH)–C–C–N with tert-alkyl or cyclic N) is 2. The van der Waals surface area contributed by atoms with Crippen molar-refractivity contribution in [2.75, 3.05) is 31.2 Å². The summed E-state index contributed by atoms with van der Waals surface area (Å²) in [5, 5.41) is 26.1. The minimum atomic E-state index is -0.231. The zero-order valence-electron chi connectivity index (χ0n) is 28.1. The molecule has 0 amide bonds. The largest absolute Gasteiger partial charge is 0.395 e. The molecule has 0 aromatic heterocycles. The molecule has 47 heavy (non-hydrogen) atoms. The zero-order valence-corrected chi connectivity index (χ0v) is 28.8. The summed E-state index contributed by atoms with van der Waals surface area (Å²) in [5.41, 5.74) is 8.33. The highest BCUT2D eigenvalue weighted by Crippen LogP contribution is 2.50. The van der Waals surface area contributed by atoms with Crippen LogP contribution in [0.3, 0.4) is 0 Å². The van der Waals surface area contributed by atoms with E-state index in [0.717, 1.165) is 30.7 Å². The van der Waals surface area contributed by atoms with Gasteiger partial charge in [-0.2, -0.15) is 4.58 Å². The summed E-state index contributed by atoms with van der Waals surface area (Å²) in [6.07, 6.45) is 10.7. The molecule has 0 bridgehead atoms. The molecule has 0 saturated heterocycles. The molecule has 1 atom stereocenters. The molecule has 1 unspecified atom stereocenters. The maximum Gasteiger partial charge on any atom is 0.210 e. The van der Waals surface area contributed by atoms with Gasteiger partial charge in [0.05, 0.1) is 12.0 Å². The molecule has 0 spiro atoms. The summed E-state index contributed by atoms with van der Waals surface area (Å²) in [6, 6.07) is 26.3. The number of hydrogen-bond donors (Lipinski definition) is 2. The number of rotatable bonds is 8. The van der Waals surface area contributed by atoms with Crippen molar-refractivity contribution in [2.45, 2.75) is 70.3 Å². The van der Waals surface area contributed by atoms with Gasteiger partial charge in [-0.05, 0) is 89.9 Å². The standard InChI is InChI=1S/C42H46ClN2O2/c1-41(2)36(44(24-26-46)34-20-16-28-10-5-7-14-32(28)38(34)41)22-18-30-12-9-13-31(40(30)43)19-23-37-42(3,4)39-33-15-8-6-11-29(33)17-21-35(39)45(37)25-27-47/h5-8,10-11,14-22,37,46-47H,9,12-13,23-27H2,1-4H3/q+1/b22-18+,31-19+. The Labute approximate surface area is 284 Å². The quantitative estimate of drug-likeness (QED) is 0.188. The molecule has 0 saturated carbocycles. The fourth-order valence-corrected chi connectivity index (χ4v) is 9.09. The predicted octanol–water partition coefficient (Wildman–Crippen LogP) is 9.07. The van der Waals surface area contributed by atoms with Gasteiger partial charge in [-0.1, -0.05) is 92.2 Å². The van der Waals surface area contributed by atoms with E-state index < -0.39 is 0 Å². The lowest BCUT2D eigenvalue weighted by Gasteiger charge is -2.34. The summed E-state index contributed by atoms with van der Waals surface area (Å²) in [7, 11) is 0. The molecule has 1 aliphatic carbocycles. The summed E-state index contributed by atoms with van der Waals surface area (Å²) in [5.74, 6) is 0. The Balaban J connectivity index is 1.21. The third kappa shape index (κ3) is 5.26. The van der Waals surface area contributed by atoms with Crippen LogP contribution in [0.4, 0.5) is 11.4 Å². The van der Waals surface area contributed by atoms with Crippen LogP contribution in [0.1, 0.15) is 64.5 Å². The van der Waals surface area contributed by atoms with Gasteiger partial charge in [0.1, 0.15) is 6.61 Å². The fraction of sp³-hybridized carbons (Fsp3) is 0.357. The SMILES string of the molecule is CC1(C)C(/C=C/C2=C(Cl)C(=C/CC3N(CCO)c4ccc5ccccc5c4C3(C)C)/CCC2)=[N+](CCO)c2ccc3ccccc3c21. The molecule has 0 radical (unpaired) electrons. The number of halogens is 1. The number of fused-ring (bicyclic) bond motifs is 6. The molecule has 3 aliphatic rings. The highest BCUT2D eigenvalue weighted by Gasteiger charge is 2.46. The summed E-state index contributed by atoms with van der Waals surface area (Å²) in [4.78, 5) is 2.41. The van der Waals surface area contributed by atoms with Crippen molar-refractivity contribution in [3.05, 3.63) is 118 Å². The molecule has 7 rings (SSSR count). The number of benzene rings is 4. The van der Waals surface area contributed by atoms with E-state index in [2.05, 4.69) is 128 Å². The van der Waals surface area contributed by atoms with Crippen molar-refractivity contribution in [3.8, 4) is 0 Å². The van der Waals surface area contributed by atoms with Gasteiger partial charge in [0.25, 0.3) is 0 Å². The third-order valence-corrected chi connectivity index (χ3v) is 11.5. The van der Waals surface area contributed by atoms with E-state index in [-0.39, 0.29) is 30.1 Å². The van der Waals surface area contributed by atoms with Gasteiger partial charge in [0, 0.05) is 46.4 Å². The lowest BCUT2D eigenvalue weighted by atomic mass is 9.77. The van der Waals surface area contributed by atoms with Crippen LogP contribution in [0.2, 0.25) is 0 Å².